The Morgan fingerprint density at radius 3 is 2.46 bits per heavy atom. The minimum absolute atomic E-state index is 0.0311. The molecule has 0 atom stereocenters. The van der Waals surface area contributed by atoms with E-state index in [1.807, 2.05) is 0 Å². The number of benzene rings is 1. The summed E-state index contributed by atoms with van der Waals surface area (Å²) in [5, 5.41) is 2.67. The van der Waals surface area contributed by atoms with Crippen LogP contribution >= 0.6 is 11.8 Å². The SMILES string of the molecule is O=C(NCCC(=O)N(Cl)c1ccccn1)c1ccc(-n2ccccc2=O)cc1. The first kappa shape index (κ1) is 19.3. The van der Waals surface area contributed by atoms with Crippen molar-refractivity contribution in [1.29, 1.82) is 0 Å². The molecule has 2 aromatic heterocycles. The molecule has 0 spiro atoms. The van der Waals surface area contributed by atoms with E-state index >= 15 is 0 Å². The zero-order valence-corrected chi connectivity index (χ0v) is 15.5. The van der Waals surface area contributed by atoms with Gasteiger partial charge in [0.1, 0.15) is 0 Å². The molecular formula is C20H17ClN4O3. The molecule has 0 saturated carbocycles. The van der Waals surface area contributed by atoms with Crippen molar-refractivity contribution >= 4 is 29.4 Å². The monoisotopic (exact) mass is 396 g/mol. The van der Waals surface area contributed by atoms with E-state index in [0.29, 0.717) is 17.1 Å². The number of pyridine rings is 2. The van der Waals surface area contributed by atoms with Gasteiger partial charge in [0.05, 0.1) is 0 Å². The molecule has 0 saturated heterocycles. The molecule has 0 unspecified atom stereocenters. The first-order valence-corrected chi connectivity index (χ1v) is 8.86. The highest BCUT2D eigenvalue weighted by Crippen LogP contribution is 2.13. The Kier molecular flexibility index (Phi) is 6.18. The summed E-state index contributed by atoms with van der Waals surface area (Å²) >= 11 is 5.96. The van der Waals surface area contributed by atoms with E-state index in [-0.39, 0.29) is 30.3 Å². The van der Waals surface area contributed by atoms with Crippen molar-refractivity contribution in [1.82, 2.24) is 14.9 Å². The van der Waals surface area contributed by atoms with Crippen molar-refractivity contribution in [2.75, 3.05) is 11.0 Å². The highest BCUT2D eigenvalue weighted by molar-refractivity contribution is 6.36. The van der Waals surface area contributed by atoms with Crippen LogP contribution < -0.4 is 15.3 Å². The molecule has 8 heteroatoms. The van der Waals surface area contributed by atoms with Crippen LogP contribution in [0, 0.1) is 0 Å². The van der Waals surface area contributed by atoms with Gasteiger partial charge in [0.2, 0.25) is 5.91 Å². The normalized spacial score (nSPS) is 10.3. The number of hydrogen-bond donors (Lipinski definition) is 1. The minimum Gasteiger partial charge on any atom is -0.352 e. The molecule has 0 bridgehead atoms. The van der Waals surface area contributed by atoms with Crippen molar-refractivity contribution in [3.8, 4) is 5.69 Å². The fourth-order valence-corrected chi connectivity index (χ4v) is 2.68. The minimum atomic E-state index is -0.375. The van der Waals surface area contributed by atoms with Gasteiger partial charge in [0.15, 0.2) is 5.82 Å². The van der Waals surface area contributed by atoms with Crippen LogP contribution in [0.15, 0.2) is 77.9 Å². The van der Waals surface area contributed by atoms with Crippen molar-refractivity contribution < 1.29 is 9.59 Å². The Morgan fingerprint density at radius 2 is 1.79 bits per heavy atom. The lowest BCUT2D eigenvalue weighted by molar-refractivity contribution is -0.117. The number of anilines is 1. The Labute approximate surface area is 166 Å². The molecule has 2 heterocycles. The number of nitrogens with one attached hydrogen (secondary N) is 1. The van der Waals surface area contributed by atoms with E-state index in [4.69, 9.17) is 11.8 Å². The fraction of sp³-hybridized carbons (Fsp3) is 0.100. The first-order chi connectivity index (χ1) is 13.6. The number of carbonyl (C=O) groups excluding carboxylic acids is 2. The number of halogens is 1. The summed E-state index contributed by atoms with van der Waals surface area (Å²) in [6.07, 6.45) is 3.22. The van der Waals surface area contributed by atoms with Gasteiger partial charge in [-0.1, -0.05) is 12.1 Å². The highest BCUT2D eigenvalue weighted by Gasteiger charge is 2.14. The van der Waals surface area contributed by atoms with Crippen LogP contribution in [0.2, 0.25) is 0 Å². The standard InChI is InChI=1S/C20H17ClN4O3/c21-25(17-5-1-3-12-22-17)19(27)11-13-23-20(28)15-7-9-16(10-8-15)24-14-4-2-6-18(24)26/h1-10,12,14H,11,13H2,(H,23,28). The molecule has 3 rings (SSSR count). The Bertz CT molecular complexity index is 1020. The summed E-state index contributed by atoms with van der Waals surface area (Å²) in [6, 6.07) is 16.5. The third-order valence-corrected chi connectivity index (χ3v) is 4.29. The summed E-state index contributed by atoms with van der Waals surface area (Å²) in [5.74, 6) is -0.370. The van der Waals surface area contributed by atoms with Gasteiger partial charge in [-0.15, -0.1) is 0 Å². The lowest BCUT2D eigenvalue weighted by Gasteiger charge is -2.13. The highest BCUT2D eigenvalue weighted by atomic mass is 35.5. The van der Waals surface area contributed by atoms with E-state index in [1.165, 1.54) is 16.8 Å². The number of hydrogen-bond acceptors (Lipinski definition) is 4. The largest absolute Gasteiger partial charge is 0.352 e. The maximum absolute atomic E-state index is 12.2. The fourth-order valence-electron chi connectivity index (χ4n) is 2.49. The zero-order valence-electron chi connectivity index (χ0n) is 14.8. The average molecular weight is 397 g/mol. The molecule has 28 heavy (non-hydrogen) atoms. The topological polar surface area (TPSA) is 84.3 Å². The van der Waals surface area contributed by atoms with Gasteiger partial charge in [0.25, 0.3) is 11.5 Å². The van der Waals surface area contributed by atoms with Crippen molar-refractivity contribution in [2.24, 2.45) is 0 Å². The van der Waals surface area contributed by atoms with Crippen LogP contribution in [0.1, 0.15) is 16.8 Å². The summed E-state index contributed by atoms with van der Waals surface area (Å²) in [6.45, 7) is 0.133. The lowest BCUT2D eigenvalue weighted by atomic mass is 10.2. The maximum atomic E-state index is 12.2. The molecule has 0 aliphatic rings. The number of nitrogens with zero attached hydrogens (tertiary/aromatic N) is 3. The molecule has 0 fully saturated rings. The molecule has 7 nitrogen and oxygen atoms in total. The Hall–Kier alpha value is -3.45. The molecule has 1 aromatic carbocycles. The van der Waals surface area contributed by atoms with Gasteiger partial charge >= 0.3 is 0 Å². The van der Waals surface area contributed by atoms with Crippen LogP contribution in [0.4, 0.5) is 5.82 Å². The van der Waals surface area contributed by atoms with Crippen LogP contribution in [-0.2, 0) is 4.79 Å². The summed E-state index contributed by atoms with van der Waals surface area (Å²) in [7, 11) is 0. The summed E-state index contributed by atoms with van der Waals surface area (Å²) < 4.78 is 2.41. The zero-order chi connectivity index (χ0) is 19.9. The summed E-state index contributed by atoms with van der Waals surface area (Å²) in [5.41, 5.74) is 0.926. The Morgan fingerprint density at radius 1 is 1.04 bits per heavy atom. The van der Waals surface area contributed by atoms with E-state index in [2.05, 4.69) is 10.3 Å². The van der Waals surface area contributed by atoms with Gasteiger partial charge in [-0.3, -0.25) is 19.0 Å². The van der Waals surface area contributed by atoms with E-state index < -0.39 is 0 Å². The van der Waals surface area contributed by atoms with Crippen LogP contribution in [0.3, 0.4) is 0 Å². The second-order valence-electron chi connectivity index (χ2n) is 5.82. The van der Waals surface area contributed by atoms with Gasteiger partial charge in [-0.2, -0.15) is 0 Å². The maximum Gasteiger partial charge on any atom is 0.255 e. The predicted octanol–water partition coefficient (Wildman–Crippen LogP) is 2.54. The third kappa shape index (κ3) is 4.63. The second kappa shape index (κ2) is 8.96. The molecule has 0 aliphatic carbocycles. The number of amides is 2. The molecule has 142 valence electrons. The summed E-state index contributed by atoms with van der Waals surface area (Å²) in [4.78, 5) is 40.1. The van der Waals surface area contributed by atoms with Crippen molar-refractivity contribution in [3.63, 3.8) is 0 Å². The second-order valence-corrected chi connectivity index (χ2v) is 6.16. The van der Waals surface area contributed by atoms with Gasteiger partial charge in [-0.25, -0.2) is 9.40 Å². The lowest BCUT2D eigenvalue weighted by Crippen LogP contribution is -2.30. The van der Waals surface area contributed by atoms with Crippen LogP contribution in [0.5, 0.6) is 0 Å². The van der Waals surface area contributed by atoms with Gasteiger partial charge < -0.3 is 5.32 Å². The number of aromatic nitrogens is 2. The van der Waals surface area contributed by atoms with E-state index in [1.54, 1.807) is 60.8 Å². The molecule has 2 amide bonds. The van der Waals surface area contributed by atoms with E-state index in [9.17, 15) is 14.4 Å². The number of carbonyl (C=O) groups is 2. The molecule has 1 N–H and O–H groups in total. The van der Waals surface area contributed by atoms with Crippen LogP contribution in [-0.4, -0.2) is 27.9 Å². The van der Waals surface area contributed by atoms with Crippen LogP contribution in [0.25, 0.3) is 5.69 Å². The predicted molar refractivity (Wildman–Crippen MR) is 107 cm³/mol. The van der Waals surface area contributed by atoms with Crippen molar-refractivity contribution in [2.45, 2.75) is 6.42 Å². The van der Waals surface area contributed by atoms with Gasteiger partial charge in [-0.05, 0) is 42.5 Å². The smallest absolute Gasteiger partial charge is 0.255 e. The molecule has 0 radical (unpaired) electrons. The quantitative estimate of drug-likeness (QED) is 0.649. The first-order valence-electron chi connectivity index (χ1n) is 8.52. The van der Waals surface area contributed by atoms with Gasteiger partial charge in [0, 0.05) is 54.5 Å². The third-order valence-electron chi connectivity index (χ3n) is 3.92. The van der Waals surface area contributed by atoms with Crippen molar-refractivity contribution in [3.05, 3.63) is 89.0 Å². The Balaban J connectivity index is 1.54. The average Bonchev–Trinajstić information content (AvgIpc) is 2.74. The molecule has 3 aromatic rings. The van der Waals surface area contributed by atoms with E-state index in [0.717, 1.165) is 4.42 Å². The molecular weight excluding hydrogens is 380 g/mol. The molecule has 0 aliphatic heterocycles. The number of rotatable bonds is 6.